The van der Waals surface area contributed by atoms with Crippen LogP contribution >= 0.6 is 0 Å². The van der Waals surface area contributed by atoms with Gasteiger partial charge in [-0.25, -0.2) is 4.79 Å². The molecular formula is C13H18O5. The third-order valence-corrected chi connectivity index (χ3v) is 3.75. The number of carboxylic acid groups (broad SMARTS) is 1. The summed E-state index contributed by atoms with van der Waals surface area (Å²) in [6.07, 6.45) is 4.14. The molecule has 2 rings (SSSR count). The summed E-state index contributed by atoms with van der Waals surface area (Å²) in [5, 5.41) is 8.98. The fraction of sp³-hybridized carbons (Fsp3) is 0.692. The Labute approximate surface area is 106 Å². The number of carboxylic acids is 1. The van der Waals surface area contributed by atoms with Gasteiger partial charge < -0.3 is 14.6 Å². The van der Waals surface area contributed by atoms with Gasteiger partial charge in [0.25, 0.3) is 0 Å². The van der Waals surface area contributed by atoms with Gasteiger partial charge in [-0.05, 0) is 17.8 Å². The summed E-state index contributed by atoms with van der Waals surface area (Å²) < 4.78 is 10.2. The lowest BCUT2D eigenvalue weighted by atomic mass is 10.1. The lowest BCUT2D eigenvalue weighted by molar-refractivity contribution is -0.163. The first kappa shape index (κ1) is 13.1. The van der Waals surface area contributed by atoms with Crippen LogP contribution in [0.4, 0.5) is 0 Å². The van der Waals surface area contributed by atoms with Crippen molar-refractivity contribution < 1.29 is 24.2 Å². The highest BCUT2D eigenvalue weighted by Crippen LogP contribution is 2.59. The Bertz CT molecular complexity index is 379. The molecule has 0 bridgehead atoms. The van der Waals surface area contributed by atoms with Crippen molar-refractivity contribution in [2.75, 3.05) is 6.61 Å². The number of rotatable bonds is 4. The number of ether oxygens (including phenoxy) is 2. The van der Waals surface area contributed by atoms with E-state index in [9.17, 15) is 9.59 Å². The summed E-state index contributed by atoms with van der Waals surface area (Å²) in [4.78, 5) is 22.4. The van der Waals surface area contributed by atoms with Crippen LogP contribution < -0.4 is 0 Å². The van der Waals surface area contributed by atoms with Gasteiger partial charge in [0.05, 0.1) is 12.5 Å². The molecule has 5 nitrogen and oxygen atoms in total. The minimum atomic E-state index is -0.817. The van der Waals surface area contributed by atoms with E-state index in [0.29, 0.717) is 6.61 Å². The molecule has 1 N–H and O–H groups in total. The van der Waals surface area contributed by atoms with Crippen LogP contribution in [0.15, 0.2) is 12.2 Å². The predicted octanol–water partition coefficient (Wildman–Crippen LogP) is 1.58. The van der Waals surface area contributed by atoms with E-state index < -0.39 is 24.1 Å². The van der Waals surface area contributed by atoms with Crippen molar-refractivity contribution in [2.45, 2.75) is 33.0 Å². The smallest absolute Gasteiger partial charge is 0.332 e. The zero-order valence-corrected chi connectivity index (χ0v) is 10.6. The van der Waals surface area contributed by atoms with Gasteiger partial charge in [-0.15, -0.1) is 0 Å². The molecule has 0 aromatic heterocycles. The van der Waals surface area contributed by atoms with Crippen molar-refractivity contribution in [3.8, 4) is 0 Å². The van der Waals surface area contributed by atoms with Gasteiger partial charge in [0.1, 0.15) is 0 Å². The first-order valence-corrected chi connectivity index (χ1v) is 6.16. The largest absolute Gasteiger partial charge is 0.481 e. The van der Waals surface area contributed by atoms with Gasteiger partial charge in [0.2, 0.25) is 6.29 Å². The molecule has 0 spiro atoms. The Kier molecular flexibility index (Phi) is 3.43. The third kappa shape index (κ3) is 2.56. The fourth-order valence-corrected chi connectivity index (χ4v) is 2.50. The van der Waals surface area contributed by atoms with Crippen LogP contribution in [-0.4, -0.2) is 29.9 Å². The SMILES string of the molecule is CC1(C)C(/C=C/C(=O)OC2CCCO2)C1C(=O)O. The molecule has 0 aromatic carbocycles. The Morgan fingerprint density at radius 3 is 2.67 bits per heavy atom. The minimum Gasteiger partial charge on any atom is -0.481 e. The van der Waals surface area contributed by atoms with Gasteiger partial charge in [-0.2, -0.15) is 0 Å². The molecule has 18 heavy (non-hydrogen) atoms. The summed E-state index contributed by atoms with van der Waals surface area (Å²) in [6, 6.07) is 0. The van der Waals surface area contributed by atoms with E-state index in [1.54, 1.807) is 6.08 Å². The summed E-state index contributed by atoms with van der Waals surface area (Å²) in [6.45, 7) is 4.39. The van der Waals surface area contributed by atoms with Crippen molar-refractivity contribution in [2.24, 2.45) is 17.3 Å². The monoisotopic (exact) mass is 254 g/mol. The van der Waals surface area contributed by atoms with Crippen LogP contribution in [0.1, 0.15) is 26.7 Å². The topological polar surface area (TPSA) is 72.8 Å². The molecule has 1 saturated carbocycles. The molecule has 1 aliphatic heterocycles. The third-order valence-electron chi connectivity index (χ3n) is 3.75. The average Bonchev–Trinajstić information content (AvgIpc) is 2.63. The van der Waals surface area contributed by atoms with Gasteiger partial charge in [0.15, 0.2) is 0 Å². The Hall–Kier alpha value is -1.36. The molecule has 5 heteroatoms. The summed E-state index contributed by atoms with van der Waals surface area (Å²) >= 11 is 0. The number of esters is 1. The van der Waals surface area contributed by atoms with E-state index in [-0.39, 0.29) is 11.3 Å². The van der Waals surface area contributed by atoms with Gasteiger partial charge in [0, 0.05) is 12.5 Å². The normalized spacial score (nSPS) is 33.6. The second kappa shape index (κ2) is 4.72. The minimum absolute atomic E-state index is 0.105. The average molecular weight is 254 g/mol. The number of allylic oxidation sites excluding steroid dienone is 1. The second-order valence-corrected chi connectivity index (χ2v) is 5.40. The molecule has 3 unspecified atom stereocenters. The number of carbonyl (C=O) groups is 2. The van der Waals surface area contributed by atoms with Crippen LogP contribution in [0.2, 0.25) is 0 Å². The summed E-state index contributed by atoms with van der Waals surface area (Å²) in [5.41, 5.74) is -0.285. The Morgan fingerprint density at radius 2 is 2.17 bits per heavy atom. The molecule has 2 fully saturated rings. The maximum absolute atomic E-state index is 11.5. The lowest BCUT2D eigenvalue weighted by Gasteiger charge is -2.08. The van der Waals surface area contributed by atoms with Gasteiger partial charge in [-0.3, -0.25) is 4.79 Å². The van der Waals surface area contributed by atoms with E-state index >= 15 is 0 Å². The van der Waals surface area contributed by atoms with E-state index in [0.717, 1.165) is 12.8 Å². The Balaban J connectivity index is 1.84. The first-order valence-electron chi connectivity index (χ1n) is 6.16. The molecule has 3 atom stereocenters. The maximum atomic E-state index is 11.5. The Morgan fingerprint density at radius 1 is 1.44 bits per heavy atom. The van der Waals surface area contributed by atoms with E-state index in [4.69, 9.17) is 14.6 Å². The number of hydrogen-bond acceptors (Lipinski definition) is 4. The van der Waals surface area contributed by atoms with E-state index in [1.165, 1.54) is 6.08 Å². The molecule has 0 aromatic rings. The van der Waals surface area contributed by atoms with Gasteiger partial charge >= 0.3 is 11.9 Å². The maximum Gasteiger partial charge on any atom is 0.332 e. The fourth-order valence-electron chi connectivity index (χ4n) is 2.50. The quantitative estimate of drug-likeness (QED) is 0.609. The van der Waals surface area contributed by atoms with Crippen molar-refractivity contribution in [1.82, 2.24) is 0 Å². The highest BCUT2D eigenvalue weighted by atomic mass is 16.7. The van der Waals surface area contributed by atoms with Crippen LogP contribution in [0.25, 0.3) is 0 Å². The lowest BCUT2D eigenvalue weighted by Crippen LogP contribution is -2.14. The zero-order valence-electron chi connectivity index (χ0n) is 10.6. The molecule has 1 heterocycles. The molecule has 0 amide bonds. The molecule has 1 saturated heterocycles. The number of carbonyl (C=O) groups excluding carboxylic acids is 1. The molecular weight excluding hydrogens is 236 g/mol. The molecule has 0 radical (unpaired) electrons. The molecule has 2 aliphatic rings. The van der Waals surface area contributed by atoms with Crippen LogP contribution in [-0.2, 0) is 19.1 Å². The van der Waals surface area contributed by atoms with Crippen LogP contribution in [0, 0.1) is 17.3 Å². The summed E-state index contributed by atoms with van der Waals surface area (Å²) in [5.74, 6) is -1.80. The predicted molar refractivity (Wildman–Crippen MR) is 62.6 cm³/mol. The van der Waals surface area contributed by atoms with Crippen molar-refractivity contribution >= 4 is 11.9 Å². The second-order valence-electron chi connectivity index (χ2n) is 5.40. The summed E-state index contributed by atoms with van der Waals surface area (Å²) in [7, 11) is 0. The first-order chi connectivity index (χ1) is 8.43. The van der Waals surface area contributed by atoms with Crippen molar-refractivity contribution in [3.63, 3.8) is 0 Å². The standard InChI is InChI=1S/C13H18O5/c1-13(2)8(11(13)12(15)16)5-6-9(14)18-10-4-3-7-17-10/h5-6,8,10-11H,3-4,7H2,1-2H3,(H,15,16)/b6-5+. The van der Waals surface area contributed by atoms with Crippen LogP contribution in [0.3, 0.4) is 0 Å². The zero-order chi connectivity index (χ0) is 13.3. The molecule has 100 valence electrons. The van der Waals surface area contributed by atoms with Crippen LogP contribution in [0.5, 0.6) is 0 Å². The van der Waals surface area contributed by atoms with E-state index in [2.05, 4.69) is 0 Å². The van der Waals surface area contributed by atoms with Gasteiger partial charge in [-0.1, -0.05) is 19.9 Å². The highest BCUT2D eigenvalue weighted by Gasteiger charge is 2.60. The van der Waals surface area contributed by atoms with Crippen molar-refractivity contribution in [1.29, 1.82) is 0 Å². The van der Waals surface area contributed by atoms with E-state index in [1.807, 2.05) is 13.8 Å². The highest BCUT2D eigenvalue weighted by molar-refractivity contribution is 5.83. The number of aliphatic carboxylic acids is 1. The number of hydrogen-bond donors (Lipinski definition) is 1. The molecule has 1 aliphatic carbocycles. The van der Waals surface area contributed by atoms with Crippen molar-refractivity contribution in [3.05, 3.63) is 12.2 Å².